The van der Waals surface area contributed by atoms with Crippen molar-refractivity contribution in [2.45, 2.75) is 6.92 Å². The van der Waals surface area contributed by atoms with Crippen LogP contribution in [0.5, 0.6) is 5.75 Å². The molecule has 3 aromatic rings. The fourth-order valence-electron chi connectivity index (χ4n) is 2.09. The Morgan fingerprint density at radius 3 is 2.68 bits per heavy atom. The minimum absolute atomic E-state index is 0.125. The van der Waals surface area contributed by atoms with E-state index >= 15 is 0 Å². The minimum atomic E-state index is -0.737. The van der Waals surface area contributed by atoms with Gasteiger partial charge in [0.1, 0.15) is 5.65 Å². The first-order valence-corrected chi connectivity index (χ1v) is 6.66. The van der Waals surface area contributed by atoms with Crippen molar-refractivity contribution in [2.75, 3.05) is 5.32 Å². The molecule has 6 heteroatoms. The van der Waals surface area contributed by atoms with Gasteiger partial charge in [0.15, 0.2) is 0 Å². The van der Waals surface area contributed by atoms with E-state index in [4.69, 9.17) is 4.74 Å². The van der Waals surface area contributed by atoms with E-state index in [0.29, 0.717) is 17.0 Å². The van der Waals surface area contributed by atoms with Crippen LogP contribution in [0.4, 0.5) is 10.5 Å². The summed E-state index contributed by atoms with van der Waals surface area (Å²) in [5, 5.41) is 2.54. The number of para-hydroxylation sites is 1. The van der Waals surface area contributed by atoms with Crippen LogP contribution in [0.1, 0.15) is 5.69 Å². The Balaban J connectivity index is 1.88. The summed E-state index contributed by atoms with van der Waals surface area (Å²) >= 11 is 0. The van der Waals surface area contributed by atoms with Crippen LogP contribution in [0.25, 0.3) is 5.65 Å². The Morgan fingerprint density at radius 2 is 1.91 bits per heavy atom. The summed E-state index contributed by atoms with van der Waals surface area (Å²) < 4.78 is 6.46. The third-order valence-electron chi connectivity index (χ3n) is 3.12. The lowest BCUT2D eigenvalue weighted by Gasteiger charge is -2.08. The molecule has 1 aromatic carbocycles. The summed E-state index contributed by atoms with van der Waals surface area (Å²) in [5.41, 5.74) is 1.37. The predicted octanol–water partition coefficient (Wildman–Crippen LogP) is 2.61. The molecule has 0 aliphatic rings. The number of ether oxygens (including phenoxy) is 1. The number of amides is 1. The lowest BCUT2D eigenvalue weighted by molar-refractivity contribution is 0.214. The molecule has 2 heterocycles. The van der Waals surface area contributed by atoms with Gasteiger partial charge in [0.25, 0.3) is 0 Å². The highest BCUT2D eigenvalue weighted by atomic mass is 16.6. The first-order chi connectivity index (χ1) is 10.6. The predicted molar refractivity (Wildman–Crippen MR) is 82.3 cm³/mol. The second-order valence-corrected chi connectivity index (χ2v) is 4.67. The van der Waals surface area contributed by atoms with E-state index in [9.17, 15) is 9.59 Å². The molecular weight excluding hydrogens is 282 g/mol. The Kier molecular flexibility index (Phi) is 3.57. The van der Waals surface area contributed by atoms with Gasteiger partial charge in [-0.3, -0.25) is 14.5 Å². The zero-order valence-electron chi connectivity index (χ0n) is 11.8. The summed E-state index contributed by atoms with van der Waals surface area (Å²) in [6, 6.07) is 14.1. The first-order valence-electron chi connectivity index (χ1n) is 6.66. The fourth-order valence-corrected chi connectivity index (χ4v) is 2.09. The van der Waals surface area contributed by atoms with Gasteiger partial charge < -0.3 is 4.74 Å². The molecule has 0 aliphatic heterocycles. The molecule has 0 bridgehead atoms. The largest absolute Gasteiger partial charge is 0.417 e. The number of benzene rings is 1. The number of aryl methyl sites for hydroxylation is 1. The molecular formula is C16H13N3O3. The highest BCUT2D eigenvalue weighted by Crippen LogP contribution is 2.09. The molecule has 0 aliphatic carbocycles. The number of aromatic nitrogens is 2. The molecule has 0 saturated heterocycles. The van der Waals surface area contributed by atoms with Crippen molar-refractivity contribution in [3.8, 4) is 5.75 Å². The van der Waals surface area contributed by atoms with E-state index in [1.807, 2.05) is 6.07 Å². The van der Waals surface area contributed by atoms with E-state index in [1.165, 1.54) is 10.6 Å². The Bertz CT molecular complexity index is 888. The molecule has 0 fully saturated rings. The third-order valence-corrected chi connectivity index (χ3v) is 3.12. The second kappa shape index (κ2) is 5.69. The van der Waals surface area contributed by atoms with E-state index in [0.717, 1.165) is 0 Å². The number of hydrogen-bond donors (Lipinski definition) is 1. The number of carbonyl (C=O) groups excluding carboxylic acids is 1. The normalized spacial score (nSPS) is 10.4. The van der Waals surface area contributed by atoms with E-state index in [1.54, 1.807) is 49.4 Å². The maximum absolute atomic E-state index is 12.4. The van der Waals surface area contributed by atoms with Crippen LogP contribution in [-0.4, -0.2) is 15.5 Å². The number of nitrogens with one attached hydrogen (secondary N) is 1. The number of fused-ring (bicyclic) bond motifs is 1. The number of anilines is 1. The smallest absolute Gasteiger partial charge is 0.402 e. The number of nitrogens with zero attached hydrogens (tertiary/aromatic N) is 2. The highest BCUT2D eigenvalue weighted by molar-refractivity contribution is 5.86. The van der Waals surface area contributed by atoms with Crippen LogP contribution >= 0.6 is 0 Å². The molecule has 6 nitrogen and oxygen atoms in total. The Labute approximate surface area is 126 Å². The topological polar surface area (TPSA) is 72.7 Å². The number of hydrogen-bond acceptors (Lipinski definition) is 4. The molecule has 22 heavy (non-hydrogen) atoms. The van der Waals surface area contributed by atoms with Gasteiger partial charge in [-0.05, 0) is 31.2 Å². The first kappa shape index (κ1) is 13.8. The highest BCUT2D eigenvalue weighted by Gasteiger charge is 2.12. The van der Waals surface area contributed by atoms with Crippen LogP contribution < -0.4 is 15.6 Å². The van der Waals surface area contributed by atoms with Crippen LogP contribution in [-0.2, 0) is 0 Å². The van der Waals surface area contributed by atoms with Crippen molar-refractivity contribution < 1.29 is 9.53 Å². The maximum Gasteiger partial charge on any atom is 0.417 e. The molecule has 2 aromatic heterocycles. The van der Waals surface area contributed by atoms with Crippen molar-refractivity contribution >= 4 is 17.4 Å². The van der Waals surface area contributed by atoms with Crippen molar-refractivity contribution in [3.63, 3.8) is 0 Å². The zero-order chi connectivity index (χ0) is 15.5. The van der Waals surface area contributed by atoms with E-state index < -0.39 is 11.7 Å². The molecule has 0 unspecified atom stereocenters. The average molecular weight is 295 g/mol. The summed E-state index contributed by atoms with van der Waals surface area (Å²) in [5.74, 6) is -0.125. The molecule has 1 N–H and O–H groups in total. The molecule has 0 spiro atoms. The van der Waals surface area contributed by atoms with Gasteiger partial charge in [0, 0.05) is 11.4 Å². The van der Waals surface area contributed by atoms with Crippen molar-refractivity contribution in [2.24, 2.45) is 0 Å². The second-order valence-electron chi connectivity index (χ2n) is 4.67. The number of carbonyl (C=O) groups is 1. The van der Waals surface area contributed by atoms with Crippen LogP contribution in [0, 0.1) is 6.92 Å². The summed E-state index contributed by atoms with van der Waals surface area (Å²) in [6.07, 6.45) is 0.514. The minimum Gasteiger partial charge on any atom is -0.402 e. The lowest BCUT2D eigenvalue weighted by atomic mass is 10.3. The molecule has 0 atom stereocenters. The number of rotatable bonds is 2. The summed E-state index contributed by atoms with van der Waals surface area (Å²) in [7, 11) is 0. The van der Waals surface area contributed by atoms with Gasteiger partial charge in [-0.15, -0.1) is 0 Å². The van der Waals surface area contributed by atoms with Gasteiger partial charge in [-0.25, -0.2) is 9.78 Å². The summed E-state index contributed by atoms with van der Waals surface area (Å²) in [4.78, 5) is 28.3. The number of pyridine rings is 1. The Morgan fingerprint density at radius 1 is 1.14 bits per heavy atom. The monoisotopic (exact) mass is 295 g/mol. The maximum atomic E-state index is 12.4. The molecule has 1 amide bonds. The van der Waals surface area contributed by atoms with Crippen molar-refractivity contribution in [1.82, 2.24) is 9.38 Å². The standard InChI is InChI=1S/C16H13N3O3/c1-11-6-5-9-14-17-10-13(15(20)19(11)14)22-16(21)18-12-7-3-2-4-8-12/h2-10H,1H3,(H,18,21). The van der Waals surface area contributed by atoms with Gasteiger partial charge in [-0.2, -0.15) is 0 Å². The molecule has 0 radical (unpaired) electrons. The zero-order valence-corrected chi connectivity index (χ0v) is 11.8. The third kappa shape index (κ3) is 2.67. The molecule has 0 saturated carbocycles. The van der Waals surface area contributed by atoms with Gasteiger partial charge in [-0.1, -0.05) is 24.3 Å². The van der Waals surface area contributed by atoms with Gasteiger partial charge in [0.05, 0.1) is 6.20 Å². The van der Waals surface area contributed by atoms with Gasteiger partial charge in [0.2, 0.25) is 5.75 Å². The van der Waals surface area contributed by atoms with Crippen LogP contribution in [0.15, 0.2) is 59.5 Å². The van der Waals surface area contributed by atoms with Crippen molar-refractivity contribution in [1.29, 1.82) is 0 Å². The van der Waals surface area contributed by atoms with E-state index in [-0.39, 0.29) is 5.75 Å². The van der Waals surface area contributed by atoms with Crippen molar-refractivity contribution in [3.05, 3.63) is 70.8 Å². The van der Waals surface area contributed by atoms with Crippen LogP contribution in [0.3, 0.4) is 0 Å². The van der Waals surface area contributed by atoms with Crippen LogP contribution in [0.2, 0.25) is 0 Å². The van der Waals surface area contributed by atoms with Gasteiger partial charge >= 0.3 is 11.7 Å². The molecule has 110 valence electrons. The quantitative estimate of drug-likeness (QED) is 0.788. The van der Waals surface area contributed by atoms with E-state index in [2.05, 4.69) is 10.3 Å². The fraction of sp³-hybridized carbons (Fsp3) is 0.0625. The Hall–Kier alpha value is -3.15. The SMILES string of the molecule is Cc1cccc2ncc(OC(=O)Nc3ccccc3)c(=O)n12. The average Bonchev–Trinajstić information content (AvgIpc) is 2.51. The summed E-state index contributed by atoms with van der Waals surface area (Å²) in [6.45, 7) is 1.78. The molecule has 3 rings (SSSR count). The lowest BCUT2D eigenvalue weighted by Crippen LogP contribution is -2.24.